The number of anilines is 1. The molecule has 2 unspecified atom stereocenters. The average Bonchev–Trinajstić information content (AvgIpc) is 2.56. The molecule has 0 amide bonds. The maximum atomic E-state index is 6.07. The van der Waals surface area contributed by atoms with Crippen LogP contribution in [-0.2, 0) is 0 Å². The van der Waals surface area contributed by atoms with Crippen LogP contribution in [0, 0.1) is 0 Å². The molecule has 3 nitrogen and oxygen atoms in total. The molecular weight excluding hydrogens is 234 g/mol. The lowest BCUT2D eigenvalue weighted by Crippen LogP contribution is -2.40. The second-order valence-electron chi connectivity index (χ2n) is 5.06. The fourth-order valence-electron chi connectivity index (χ4n) is 2.31. The van der Waals surface area contributed by atoms with Gasteiger partial charge in [0.2, 0.25) is 0 Å². The van der Waals surface area contributed by atoms with Crippen molar-refractivity contribution in [1.82, 2.24) is 5.43 Å². The molecule has 1 aliphatic heterocycles. The third kappa shape index (κ3) is 2.57. The van der Waals surface area contributed by atoms with E-state index in [2.05, 4.69) is 30.3 Å². The summed E-state index contributed by atoms with van der Waals surface area (Å²) in [6, 6.07) is 6.90. The first kappa shape index (κ1) is 12.7. The van der Waals surface area contributed by atoms with Crippen LogP contribution in [0.3, 0.4) is 0 Å². The van der Waals surface area contributed by atoms with Crippen LogP contribution in [0.1, 0.15) is 38.8 Å². The quantitative estimate of drug-likeness (QED) is 0.871. The van der Waals surface area contributed by atoms with Gasteiger partial charge in [-0.15, -0.1) is 0 Å². The van der Waals surface area contributed by atoms with E-state index < -0.39 is 0 Å². The number of hydrogen-bond donors (Lipinski definition) is 2. The molecule has 0 aliphatic carbocycles. The minimum atomic E-state index is 0.173. The summed E-state index contributed by atoms with van der Waals surface area (Å²) >= 11 is 6.07. The van der Waals surface area contributed by atoms with E-state index in [0.29, 0.717) is 6.04 Å². The molecule has 2 rings (SSSR count). The summed E-state index contributed by atoms with van der Waals surface area (Å²) in [7, 11) is 0. The van der Waals surface area contributed by atoms with Crippen molar-refractivity contribution in [3.8, 4) is 0 Å². The van der Waals surface area contributed by atoms with E-state index in [1.54, 1.807) is 0 Å². The first-order chi connectivity index (χ1) is 7.99. The third-order valence-corrected chi connectivity index (χ3v) is 3.28. The standard InChI is InChI=1S/C13H20ClN3/c1-8(2)17-13-5-4-10(14)7-11(13)12(16-17)6-9(3)15/h4-5,7-9,12,16H,6,15H2,1-3H3. The first-order valence-corrected chi connectivity index (χ1v) is 6.47. The van der Waals surface area contributed by atoms with Gasteiger partial charge >= 0.3 is 0 Å². The van der Waals surface area contributed by atoms with Crippen LogP contribution in [0.4, 0.5) is 5.69 Å². The Bertz CT molecular complexity index is 404. The van der Waals surface area contributed by atoms with E-state index >= 15 is 0 Å². The fraction of sp³-hybridized carbons (Fsp3) is 0.538. The van der Waals surface area contributed by atoms with Gasteiger partial charge in [0.05, 0.1) is 11.7 Å². The SMILES string of the molecule is CC(N)CC1NN(C(C)C)c2ccc(Cl)cc21. The van der Waals surface area contributed by atoms with Crippen molar-refractivity contribution < 1.29 is 0 Å². The summed E-state index contributed by atoms with van der Waals surface area (Å²) < 4.78 is 0. The van der Waals surface area contributed by atoms with Gasteiger partial charge in [-0.1, -0.05) is 11.6 Å². The van der Waals surface area contributed by atoms with Crippen molar-refractivity contribution in [2.75, 3.05) is 5.01 Å². The molecule has 0 bridgehead atoms. The number of benzene rings is 1. The van der Waals surface area contributed by atoms with Gasteiger partial charge in [-0.2, -0.15) is 0 Å². The molecule has 0 spiro atoms. The number of halogens is 1. The normalized spacial score (nSPS) is 20.8. The molecule has 94 valence electrons. The Morgan fingerprint density at radius 3 is 2.71 bits per heavy atom. The Balaban J connectivity index is 2.34. The van der Waals surface area contributed by atoms with E-state index in [1.807, 2.05) is 19.1 Å². The number of hydrogen-bond acceptors (Lipinski definition) is 3. The zero-order valence-electron chi connectivity index (χ0n) is 10.6. The Hall–Kier alpha value is -0.770. The molecular formula is C13H20ClN3. The zero-order valence-corrected chi connectivity index (χ0v) is 11.3. The Labute approximate surface area is 108 Å². The van der Waals surface area contributed by atoms with E-state index in [9.17, 15) is 0 Å². The van der Waals surface area contributed by atoms with Gasteiger partial charge in [-0.25, -0.2) is 5.43 Å². The summed E-state index contributed by atoms with van der Waals surface area (Å²) in [6.45, 7) is 6.36. The molecule has 0 radical (unpaired) electrons. The minimum Gasteiger partial charge on any atom is -0.328 e. The van der Waals surface area contributed by atoms with Gasteiger partial charge in [-0.05, 0) is 51.0 Å². The maximum absolute atomic E-state index is 6.07. The highest BCUT2D eigenvalue weighted by molar-refractivity contribution is 6.30. The van der Waals surface area contributed by atoms with Crippen molar-refractivity contribution in [3.63, 3.8) is 0 Å². The Morgan fingerprint density at radius 2 is 2.12 bits per heavy atom. The summed E-state index contributed by atoms with van der Waals surface area (Å²) in [5.74, 6) is 0. The predicted octanol–water partition coefficient (Wildman–Crippen LogP) is 2.85. The molecule has 17 heavy (non-hydrogen) atoms. The van der Waals surface area contributed by atoms with E-state index in [1.165, 1.54) is 11.3 Å². The van der Waals surface area contributed by atoms with Crippen LogP contribution in [0.25, 0.3) is 0 Å². The third-order valence-electron chi connectivity index (χ3n) is 3.04. The van der Waals surface area contributed by atoms with Gasteiger partial charge in [-0.3, -0.25) is 0 Å². The lowest BCUT2D eigenvalue weighted by molar-refractivity contribution is 0.458. The molecule has 0 aromatic heterocycles. The highest BCUT2D eigenvalue weighted by Gasteiger charge is 2.30. The number of hydrazine groups is 1. The molecule has 0 saturated carbocycles. The van der Waals surface area contributed by atoms with Gasteiger partial charge < -0.3 is 10.7 Å². The zero-order chi connectivity index (χ0) is 12.6. The van der Waals surface area contributed by atoms with E-state index in [-0.39, 0.29) is 12.1 Å². The number of nitrogens with one attached hydrogen (secondary N) is 1. The van der Waals surface area contributed by atoms with Crippen molar-refractivity contribution in [2.24, 2.45) is 5.73 Å². The lowest BCUT2D eigenvalue weighted by atomic mass is 10.0. The van der Waals surface area contributed by atoms with Crippen LogP contribution >= 0.6 is 11.6 Å². The molecule has 1 aromatic carbocycles. The number of fused-ring (bicyclic) bond motifs is 1. The highest BCUT2D eigenvalue weighted by Crippen LogP contribution is 2.37. The Morgan fingerprint density at radius 1 is 1.41 bits per heavy atom. The first-order valence-electron chi connectivity index (χ1n) is 6.09. The Kier molecular flexibility index (Phi) is 3.61. The summed E-state index contributed by atoms with van der Waals surface area (Å²) in [5, 5.41) is 2.98. The topological polar surface area (TPSA) is 41.3 Å². The largest absolute Gasteiger partial charge is 0.328 e. The molecule has 4 heteroatoms. The summed E-state index contributed by atoms with van der Waals surface area (Å²) in [4.78, 5) is 0. The molecule has 3 N–H and O–H groups in total. The van der Waals surface area contributed by atoms with Crippen molar-refractivity contribution in [2.45, 2.75) is 45.3 Å². The molecule has 0 fully saturated rings. The van der Waals surface area contributed by atoms with Gasteiger partial charge in [0.15, 0.2) is 0 Å². The molecule has 1 heterocycles. The highest BCUT2D eigenvalue weighted by atomic mass is 35.5. The van der Waals surface area contributed by atoms with Crippen LogP contribution in [0.15, 0.2) is 18.2 Å². The van der Waals surface area contributed by atoms with Gasteiger partial charge in [0, 0.05) is 17.1 Å². The molecule has 0 saturated heterocycles. The van der Waals surface area contributed by atoms with Crippen LogP contribution < -0.4 is 16.2 Å². The lowest BCUT2D eigenvalue weighted by Gasteiger charge is -2.25. The van der Waals surface area contributed by atoms with Crippen molar-refractivity contribution >= 4 is 17.3 Å². The second-order valence-corrected chi connectivity index (χ2v) is 5.50. The van der Waals surface area contributed by atoms with Crippen molar-refractivity contribution in [1.29, 1.82) is 0 Å². The second kappa shape index (κ2) is 4.84. The number of nitrogens with zero attached hydrogens (tertiary/aromatic N) is 1. The monoisotopic (exact) mass is 253 g/mol. The van der Waals surface area contributed by atoms with E-state index in [4.69, 9.17) is 17.3 Å². The predicted molar refractivity (Wildman–Crippen MR) is 73.2 cm³/mol. The van der Waals surface area contributed by atoms with Crippen LogP contribution in [-0.4, -0.2) is 12.1 Å². The summed E-state index contributed by atoms with van der Waals surface area (Å²) in [5.41, 5.74) is 11.9. The van der Waals surface area contributed by atoms with Crippen LogP contribution in [0.2, 0.25) is 5.02 Å². The number of nitrogens with two attached hydrogens (primary N) is 1. The molecule has 1 aliphatic rings. The molecule has 1 aromatic rings. The van der Waals surface area contributed by atoms with E-state index in [0.717, 1.165) is 11.4 Å². The average molecular weight is 254 g/mol. The smallest absolute Gasteiger partial charge is 0.0572 e. The molecule has 2 atom stereocenters. The minimum absolute atomic E-state index is 0.173. The van der Waals surface area contributed by atoms with Gasteiger partial charge in [0.1, 0.15) is 0 Å². The fourth-order valence-corrected chi connectivity index (χ4v) is 2.49. The number of rotatable bonds is 3. The van der Waals surface area contributed by atoms with Crippen LogP contribution in [0.5, 0.6) is 0 Å². The summed E-state index contributed by atoms with van der Waals surface area (Å²) in [6.07, 6.45) is 0.913. The van der Waals surface area contributed by atoms with Crippen molar-refractivity contribution in [3.05, 3.63) is 28.8 Å². The maximum Gasteiger partial charge on any atom is 0.0572 e. The van der Waals surface area contributed by atoms with Gasteiger partial charge in [0.25, 0.3) is 0 Å².